The number of halogens is 2. The second-order valence-electron chi connectivity index (χ2n) is 7.30. The second-order valence-corrected chi connectivity index (χ2v) is 11.0. The largest absolute Gasteiger partial charge is 0.275 e. The fourth-order valence-electron chi connectivity index (χ4n) is 3.05. The highest BCUT2D eigenvalue weighted by Crippen LogP contribution is 2.39. The predicted molar refractivity (Wildman–Crippen MR) is 126 cm³/mol. The molecule has 0 atom stereocenters. The van der Waals surface area contributed by atoms with Crippen LogP contribution in [0, 0.1) is 6.92 Å². The van der Waals surface area contributed by atoms with Crippen LogP contribution in [0.3, 0.4) is 0 Å². The Labute approximate surface area is 194 Å². The molecular weight excluding hydrogens is 457 g/mol. The average Bonchev–Trinajstić information content (AvgIpc) is 3.36. The lowest BCUT2D eigenvalue weighted by atomic mass is 10.1. The average molecular weight is 478 g/mol. The van der Waals surface area contributed by atoms with E-state index >= 15 is 0 Å². The molecule has 0 amide bonds. The predicted octanol–water partition coefficient (Wildman–Crippen LogP) is 6.44. The second kappa shape index (κ2) is 8.75. The van der Waals surface area contributed by atoms with Gasteiger partial charge in [0.1, 0.15) is 5.69 Å². The summed E-state index contributed by atoms with van der Waals surface area (Å²) in [6, 6.07) is 5.59. The Morgan fingerprint density at radius 2 is 1.97 bits per heavy atom. The summed E-state index contributed by atoms with van der Waals surface area (Å²) in [4.78, 5) is 4.91. The van der Waals surface area contributed by atoms with Crippen molar-refractivity contribution in [2.24, 2.45) is 7.05 Å². The van der Waals surface area contributed by atoms with Gasteiger partial charge in [0.05, 0.1) is 16.1 Å². The first-order chi connectivity index (χ1) is 14.3. The summed E-state index contributed by atoms with van der Waals surface area (Å²) in [5.74, 6) is 0. The topological polar surface area (TPSA) is 48.5 Å². The lowest BCUT2D eigenvalue weighted by Gasteiger charge is -2.03. The van der Waals surface area contributed by atoms with Crippen molar-refractivity contribution in [1.82, 2.24) is 24.5 Å². The van der Waals surface area contributed by atoms with Gasteiger partial charge in [0.15, 0.2) is 0 Å². The molecule has 4 aromatic rings. The van der Waals surface area contributed by atoms with E-state index < -0.39 is 0 Å². The van der Waals surface area contributed by atoms with Gasteiger partial charge in [-0.1, -0.05) is 54.5 Å². The Hall–Kier alpha value is -1.80. The minimum absolute atomic E-state index is 0.454. The van der Waals surface area contributed by atoms with Crippen molar-refractivity contribution in [2.45, 2.75) is 36.7 Å². The van der Waals surface area contributed by atoms with Crippen LogP contribution in [-0.4, -0.2) is 29.8 Å². The number of thioether (sulfide) groups is 1. The Balaban J connectivity index is 1.69. The smallest absolute Gasteiger partial charge is 0.211 e. The maximum atomic E-state index is 6.37. The van der Waals surface area contributed by atoms with E-state index in [0.717, 1.165) is 33.2 Å². The first-order valence-corrected chi connectivity index (χ1v) is 11.9. The molecule has 5 nitrogen and oxygen atoms in total. The molecule has 0 fully saturated rings. The third-order valence-corrected chi connectivity index (χ3v) is 7.34. The summed E-state index contributed by atoms with van der Waals surface area (Å²) >= 11 is 15.8. The first-order valence-electron chi connectivity index (χ1n) is 9.46. The standard InChI is InChI=1S/C21H21Cl2N5S2/c1-12(2)29-20-19(16-9-24-27(4)10-16)25-21(30-20)28-11-15(13(3)26-28)7-14-5-6-17(22)8-18(14)23/h5-6,8-12H,7H2,1-4H3. The van der Waals surface area contributed by atoms with Crippen LogP contribution in [0.2, 0.25) is 10.0 Å². The molecule has 0 aliphatic rings. The van der Waals surface area contributed by atoms with E-state index in [-0.39, 0.29) is 0 Å². The molecule has 0 aliphatic heterocycles. The highest BCUT2D eigenvalue weighted by atomic mass is 35.5. The summed E-state index contributed by atoms with van der Waals surface area (Å²) in [5.41, 5.74) is 5.06. The van der Waals surface area contributed by atoms with E-state index in [0.29, 0.717) is 21.7 Å². The van der Waals surface area contributed by atoms with Crippen LogP contribution in [0.25, 0.3) is 16.4 Å². The number of thiazole rings is 1. The zero-order valence-corrected chi connectivity index (χ0v) is 20.2. The van der Waals surface area contributed by atoms with Gasteiger partial charge in [0, 0.05) is 46.7 Å². The number of benzene rings is 1. The van der Waals surface area contributed by atoms with Crippen LogP contribution in [0.1, 0.15) is 30.7 Å². The SMILES string of the molecule is Cc1nn(-c2nc(-c3cnn(C)c3)c(SC(C)C)s2)cc1Cc1ccc(Cl)cc1Cl. The van der Waals surface area contributed by atoms with Gasteiger partial charge in [-0.05, 0) is 30.2 Å². The molecule has 0 spiro atoms. The normalized spacial score (nSPS) is 11.6. The Morgan fingerprint density at radius 1 is 1.17 bits per heavy atom. The van der Waals surface area contributed by atoms with Crippen LogP contribution in [0.5, 0.6) is 0 Å². The molecule has 3 heterocycles. The lowest BCUT2D eigenvalue weighted by molar-refractivity contribution is 0.768. The summed E-state index contributed by atoms with van der Waals surface area (Å²) in [6.45, 7) is 6.38. The van der Waals surface area contributed by atoms with E-state index in [4.69, 9.17) is 33.3 Å². The first kappa shape index (κ1) is 21.4. The molecule has 4 rings (SSSR count). The Kier molecular flexibility index (Phi) is 6.25. The molecule has 3 aromatic heterocycles. The molecule has 0 unspecified atom stereocenters. The molecule has 30 heavy (non-hydrogen) atoms. The van der Waals surface area contributed by atoms with Crippen LogP contribution in [0.15, 0.2) is 41.0 Å². The van der Waals surface area contributed by atoms with Crippen molar-refractivity contribution in [2.75, 3.05) is 0 Å². The fourth-order valence-corrected chi connectivity index (χ4v) is 5.97. The van der Waals surface area contributed by atoms with Crippen LogP contribution in [-0.2, 0) is 13.5 Å². The van der Waals surface area contributed by atoms with Crippen molar-refractivity contribution in [3.8, 4) is 16.4 Å². The Morgan fingerprint density at radius 3 is 2.63 bits per heavy atom. The third kappa shape index (κ3) is 4.59. The summed E-state index contributed by atoms with van der Waals surface area (Å²) in [5, 5.41) is 11.6. The highest BCUT2D eigenvalue weighted by Gasteiger charge is 2.19. The van der Waals surface area contributed by atoms with Gasteiger partial charge >= 0.3 is 0 Å². The molecule has 0 aliphatic carbocycles. The van der Waals surface area contributed by atoms with E-state index in [9.17, 15) is 0 Å². The van der Waals surface area contributed by atoms with Crippen molar-refractivity contribution in [1.29, 1.82) is 0 Å². The van der Waals surface area contributed by atoms with Gasteiger partial charge in [-0.25, -0.2) is 9.67 Å². The number of aryl methyl sites for hydroxylation is 2. The van der Waals surface area contributed by atoms with E-state index in [2.05, 4.69) is 18.9 Å². The number of aromatic nitrogens is 5. The lowest BCUT2D eigenvalue weighted by Crippen LogP contribution is -1.93. The molecular formula is C21H21Cl2N5S2. The van der Waals surface area contributed by atoms with Crippen molar-refractivity contribution >= 4 is 46.3 Å². The molecule has 156 valence electrons. The van der Waals surface area contributed by atoms with Crippen LogP contribution >= 0.6 is 46.3 Å². The van der Waals surface area contributed by atoms with Gasteiger partial charge in [-0.15, -0.1) is 11.8 Å². The summed E-state index contributed by atoms with van der Waals surface area (Å²) in [6.07, 6.45) is 6.57. The fraction of sp³-hybridized carbons (Fsp3) is 0.286. The zero-order chi connectivity index (χ0) is 21.4. The minimum atomic E-state index is 0.454. The van der Waals surface area contributed by atoms with Gasteiger partial charge in [0.2, 0.25) is 5.13 Å². The Bertz CT molecular complexity index is 1190. The summed E-state index contributed by atoms with van der Waals surface area (Å²) in [7, 11) is 1.91. The molecule has 0 saturated carbocycles. The number of hydrogen-bond donors (Lipinski definition) is 0. The van der Waals surface area contributed by atoms with Gasteiger partial charge < -0.3 is 0 Å². The molecule has 1 aromatic carbocycles. The van der Waals surface area contributed by atoms with E-state index in [1.807, 2.05) is 61.1 Å². The monoisotopic (exact) mass is 477 g/mol. The van der Waals surface area contributed by atoms with Gasteiger partial charge in [-0.2, -0.15) is 10.2 Å². The highest BCUT2D eigenvalue weighted by molar-refractivity contribution is 8.01. The van der Waals surface area contributed by atoms with E-state index in [1.54, 1.807) is 22.1 Å². The molecule has 9 heteroatoms. The maximum absolute atomic E-state index is 6.37. The number of nitrogens with zero attached hydrogens (tertiary/aromatic N) is 5. The summed E-state index contributed by atoms with van der Waals surface area (Å²) < 4.78 is 4.83. The van der Waals surface area contributed by atoms with Crippen LogP contribution < -0.4 is 0 Å². The molecule has 0 bridgehead atoms. The third-order valence-electron chi connectivity index (χ3n) is 4.50. The minimum Gasteiger partial charge on any atom is -0.275 e. The van der Waals surface area contributed by atoms with E-state index in [1.165, 1.54) is 4.21 Å². The van der Waals surface area contributed by atoms with Crippen molar-refractivity contribution in [3.63, 3.8) is 0 Å². The van der Waals surface area contributed by atoms with Gasteiger partial charge in [0.25, 0.3) is 0 Å². The van der Waals surface area contributed by atoms with Crippen molar-refractivity contribution < 1.29 is 0 Å². The maximum Gasteiger partial charge on any atom is 0.211 e. The van der Waals surface area contributed by atoms with Crippen LogP contribution in [0.4, 0.5) is 0 Å². The quantitative estimate of drug-likeness (QED) is 0.300. The molecule has 0 N–H and O–H groups in total. The zero-order valence-electron chi connectivity index (χ0n) is 17.1. The number of rotatable bonds is 6. The molecule has 0 radical (unpaired) electrons. The number of hydrogen-bond acceptors (Lipinski definition) is 5. The molecule has 0 saturated heterocycles. The van der Waals surface area contributed by atoms with Crippen molar-refractivity contribution in [3.05, 3.63) is 63.7 Å². The van der Waals surface area contributed by atoms with Gasteiger partial charge in [-0.3, -0.25) is 4.68 Å².